The lowest BCUT2D eigenvalue weighted by atomic mass is 10.0. The summed E-state index contributed by atoms with van der Waals surface area (Å²) < 4.78 is 76.0. The van der Waals surface area contributed by atoms with Crippen LogP contribution < -0.4 is 11.4 Å². The van der Waals surface area contributed by atoms with Gasteiger partial charge in [-0.15, -0.1) is 0 Å². The van der Waals surface area contributed by atoms with E-state index >= 15 is 8.78 Å². The number of anilines is 1. The average Bonchev–Trinajstić information content (AvgIpc) is 3.54. The summed E-state index contributed by atoms with van der Waals surface area (Å²) in [7, 11) is -4.25. The molecule has 14 heteroatoms. The van der Waals surface area contributed by atoms with Gasteiger partial charge in [0, 0.05) is 12.6 Å². The molecule has 66 heavy (non-hydrogen) atoms. The third-order valence-electron chi connectivity index (χ3n) is 12.8. The van der Waals surface area contributed by atoms with Crippen LogP contribution >= 0.6 is 7.82 Å². The van der Waals surface area contributed by atoms with Gasteiger partial charge in [-0.3, -0.25) is 22.9 Å². The van der Waals surface area contributed by atoms with Crippen molar-refractivity contribution < 1.29 is 41.2 Å². The van der Waals surface area contributed by atoms with E-state index in [4.69, 9.17) is 28.8 Å². The van der Waals surface area contributed by atoms with E-state index in [0.717, 1.165) is 70.4 Å². The van der Waals surface area contributed by atoms with Gasteiger partial charge in [-0.1, -0.05) is 233 Å². The summed E-state index contributed by atoms with van der Waals surface area (Å²) in [5, 5.41) is 0. The van der Waals surface area contributed by atoms with Crippen molar-refractivity contribution in [1.29, 1.82) is 0 Å². The van der Waals surface area contributed by atoms with E-state index in [0.29, 0.717) is 23.8 Å². The van der Waals surface area contributed by atoms with Crippen LogP contribution in [0.4, 0.5) is 14.6 Å². The van der Waals surface area contributed by atoms with Crippen molar-refractivity contribution in [2.75, 3.05) is 25.6 Å². The van der Waals surface area contributed by atoms with E-state index in [-0.39, 0.29) is 25.5 Å². The highest BCUT2D eigenvalue weighted by atomic mass is 31.2. The first-order valence-corrected chi connectivity index (χ1v) is 28.6. The number of phosphoric acid groups is 1. The lowest BCUT2D eigenvalue weighted by molar-refractivity contribution is -0.176. The largest absolute Gasteiger partial charge is 0.474 e. The molecule has 1 aromatic rings. The Labute approximate surface area is 400 Å². The molecule has 1 fully saturated rings. The van der Waals surface area contributed by atoms with Gasteiger partial charge in [0.25, 0.3) is 0 Å². The molecule has 0 spiro atoms. The number of nitrogen functional groups attached to an aromatic ring is 1. The number of esters is 1. The number of hydrogen-bond donors (Lipinski definition) is 1. The molecule has 1 aliphatic rings. The Bertz CT molecular complexity index is 1400. The molecule has 0 radical (unpaired) electrons. The maximum atomic E-state index is 16.3. The van der Waals surface area contributed by atoms with Crippen molar-refractivity contribution in [3.63, 3.8) is 0 Å². The third kappa shape index (κ3) is 27.9. The number of halogens is 2. The van der Waals surface area contributed by atoms with Gasteiger partial charge in [0.2, 0.25) is 6.23 Å². The second kappa shape index (κ2) is 38.9. The van der Waals surface area contributed by atoms with E-state index in [2.05, 4.69) is 25.8 Å². The van der Waals surface area contributed by atoms with Crippen LogP contribution in [0.3, 0.4) is 0 Å². The Morgan fingerprint density at radius 2 is 0.985 bits per heavy atom. The van der Waals surface area contributed by atoms with E-state index < -0.39 is 50.4 Å². The smallest absolute Gasteiger partial charge is 0.453 e. The van der Waals surface area contributed by atoms with Crippen LogP contribution in [0, 0.1) is 0 Å². The highest BCUT2D eigenvalue weighted by Gasteiger charge is 2.63. The quantitative estimate of drug-likeness (QED) is 0.0381. The number of carbonyl (C=O) groups is 1. The predicted octanol–water partition coefficient (Wildman–Crippen LogP) is 15.9. The van der Waals surface area contributed by atoms with Crippen molar-refractivity contribution in [2.45, 2.75) is 283 Å². The van der Waals surface area contributed by atoms with Crippen molar-refractivity contribution in [3.05, 3.63) is 22.7 Å². The summed E-state index contributed by atoms with van der Waals surface area (Å²) in [6.45, 7) is 6.23. The van der Waals surface area contributed by atoms with Gasteiger partial charge in [0.05, 0.1) is 19.8 Å². The van der Waals surface area contributed by atoms with Crippen LogP contribution in [0.25, 0.3) is 0 Å². The Balaban J connectivity index is 1.98. The molecule has 1 aromatic heterocycles. The maximum Gasteiger partial charge on any atom is 0.474 e. The predicted molar refractivity (Wildman–Crippen MR) is 265 cm³/mol. The van der Waals surface area contributed by atoms with Crippen molar-refractivity contribution >= 4 is 19.6 Å². The Morgan fingerprint density at radius 1 is 0.621 bits per heavy atom. The Kier molecular flexibility index (Phi) is 35.5. The number of carbonyl (C=O) groups excluding carboxylic acids is 1. The van der Waals surface area contributed by atoms with Gasteiger partial charge in [0.15, 0.2) is 6.10 Å². The summed E-state index contributed by atoms with van der Waals surface area (Å²) in [6.07, 6.45) is 36.2. The SMILES string of the molecule is CCCCCCCCCCCCCCOP(=O)(OCCCCCCCCCCCCCC)OC[C@H]1O[C@@H](n2ccc(N)nc2=O)C(F)(F)[C@@H]1OC(=O)CCCCCCCCCCCCCC. The highest BCUT2D eigenvalue weighted by molar-refractivity contribution is 7.48. The van der Waals surface area contributed by atoms with Crippen LogP contribution in [0.5, 0.6) is 0 Å². The molecule has 386 valence electrons. The summed E-state index contributed by atoms with van der Waals surface area (Å²) in [5.74, 6) is -4.82. The van der Waals surface area contributed by atoms with Crippen LogP contribution in [0.1, 0.15) is 265 Å². The molecule has 0 bridgehead atoms. The molecule has 3 atom stereocenters. The monoisotopic (exact) mass is 960 g/mol. The zero-order chi connectivity index (χ0) is 48.0. The molecule has 0 saturated carbocycles. The number of nitrogens with two attached hydrogens (primary N) is 1. The second-order valence-corrected chi connectivity index (χ2v) is 20.6. The highest BCUT2D eigenvalue weighted by Crippen LogP contribution is 2.52. The molecule has 0 aliphatic carbocycles. The van der Waals surface area contributed by atoms with E-state index in [9.17, 15) is 14.2 Å². The number of ether oxygens (including phenoxy) is 2. The van der Waals surface area contributed by atoms with Gasteiger partial charge in [-0.05, 0) is 25.3 Å². The Morgan fingerprint density at radius 3 is 1.36 bits per heavy atom. The Hall–Kier alpha value is -1.92. The first kappa shape index (κ1) is 60.2. The van der Waals surface area contributed by atoms with E-state index in [1.54, 1.807) is 0 Å². The zero-order valence-electron chi connectivity index (χ0n) is 42.1. The normalized spacial score (nSPS) is 17.2. The van der Waals surface area contributed by atoms with E-state index in [1.165, 1.54) is 154 Å². The molecule has 0 aromatic carbocycles. The fourth-order valence-corrected chi connectivity index (χ4v) is 9.94. The number of alkyl halides is 2. The third-order valence-corrected chi connectivity index (χ3v) is 14.3. The molecule has 2 rings (SSSR count). The van der Waals surface area contributed by atoms with Crippen molar-refractivity contribution in [1.82, 2.24) is 9.55 Å². The van der Waals surface area contributed by atoms with Gasteiger partial charge in [-0.25, -0.2) is 9.36 Å². The number of rotatable bonds is 46. The maximum absolute atomic E-state index is 16.3. The van der Waals surface area contributed by atoms with Gasteiger partial charge in [-0.2, -0.15) is 13.8 Å². The van der Waals surface area contributed by atoms with E-state index in [1.807, 2.05) is 0 Å². The molecule has 11 nitrogen and oxygen atoms in total. The topological polar surface area (TPSA) is 141 Å². The molecule has 2 N–H and O–H groups in total. The minimum atomic E-state index is -4.25. The van der Waals surface area contributed by atoms with Gasteiger partial charge in [0.1, 0.15) is 11.9 Å². The molecule has 0 amide bonds. The number of aromatic nitrogens is 2. The number of hydrogen-bond acceptors (Lipinski definition) is 10. The fourth-order valence-electron chi connectivity index (χ4n) is 8.68. The summed E-state index contributed by atoms with van der Waals surface area (Å²) >= 11 is 0. The van der Waals surface area contributed by atoms with Crippen molar-refractivity contribution in [2.24, 2.45) is 0 Å². The molecule has 1 aliphatic heterocycles. The summed E-state index contributed by atoms with van der Waals surface area (Å²) in [4.78, 5) is 29.5. The van der Waals surface area contributed by atoms with Crippen LogP contribution in [-0.2, 0) is 32.4 Å². The number of phosphoric ester groups is 1. The van der Waals surface area contributed by atoms with Crippen LogP contribution in [-0.4, -0.2) is 53.5 Å². The second-order valence-electron chi connectivity index (χ2n) is 19.0. The molecular formula is C52H96F2N3O8P. The zero-order valence-corrected chi connectivity index (χ0v) is 43.0. The van der Waals surface area contributed by atoms with Gasteiger partial charge >= 0.3 is 25.4 Å². The first-order valence-electron chi connectivity index (χ1n) is 27.2. The van der Waals surface area contributed by atoms with Crippen molar-refractivity contribution in [3.8, 4) is 0 Å². The van der Waals surface area contributed by atoms with Crippen LogP contribution in [0.2, 0.25) is 0 Å². The summed E-state index contributed by atoms with van der Waals surface area (Å²) in [5.41, 5.74) is 4.59. The summed E-state index contributed by atoms with van der Waals surface area (Å²) in [6, 6.07) is 1.21. The standard InChI is InChI=1S/C52H96F2N3O8P/c1-4-7-10-13-16-19-22-25-28-31-34-37-40-48(58)65-49-46(64-50(52(49,53)54)57-42-41-47(55)56-51(57)59)45-63-66(60,61-43-38-35-32-29-26-23-20-17-14-11-8-5-2)62-44-39-36-33-30-27-24-21-18-15-12-9-6-3/h41-42,46,49-50H,4-40,43-45H2,1-3H3,(H2,55,56,59)/t46-,49-,50-/m1/s1. The number of nitrogens with zero attached hydrogens (tertiary/aromatic N) is 2. The molecule has 2 heterocycles. The molecular weight excluding hydrogens is 864 g/mol. The van der Waals surface area contributed by atoms with Gasteiger partial charge < -0.3 is 15.2 Å². The van der Waals surface area contributed by atoms with Crippen LogP contribution in [0.15, 0.2) is 17.1 Å². The molecule has 0 unspecified atom stereocenters. The lowest BCUT2D eigenvalue weighted by Gasteiger charge is -2.25. The lowest BCUT2D eigenvalue weighted by Crippen LogP contribution is -2.44. The minimum Gasteiger partial charge on any atom is -0.453 e. The first-order chi connectivity index (χ1) is 32.1. The number of unbranched alkanes of at least 4 members (excludes halogenated alkanes) is 33. The minimum absolute atomic E-state index is 0.0472. The molecule has 1 saturated heterocycles. The fraction of sp³-hybridized carbons (Fsp3) is 0.904. The average molecular weight is 960 g/mol.